The number of nitrogens with zero attached hydrogens (tertiary/aromatic N) is 1. The molecule has 1 aromatic heterocycles. The fourth-order valence-electron chi connectivity index (χ4n) is 4.67. The van der Waals surface area contributed by atoms with E-state index in [4.69, 9.17) is 4.42 Å². The fraction of sp³-hybridized carbons (Fsp3) is 0.440. The van der Waals surface area contributed by atoms with Crippen molar-refractivity contribution in [1.82, 2.24) is 15.2 Å². The Bertz CT molecular complexity index is 1080. The van der Waals surface area contributed by atoms with E-state index in [2.05, 4.69) is 54.5 Å². The number of H-pyrrole nitrogens is 1. The number of carbonyl (C=O) groups excluding carboxylic acids is 1. The lowest BCUT2D eigenvalue weighted by Gasteiger charge is -2.45. The number of aromatic nitrogens is 1. The van der Waals surface area contributed by atoms with Crippen LogP contribution in [0.3, 0.4) is 0 Å². The van der Waals surface area contributed by atoms with Crippen molar-refractivity contribution >= 4 is 17.1 Å². The zero-order valence-corrected chi connectivity index (χ0v) is 18.3. The molecule has 31 heavy (non-hydrogen) atoms. The van der Waals surface area contributed by atoms with Crippen LogP contribution in [0.1, 0.15) is 56.6 Å². The molecular weight excluding hydrogens is 390 g/mol. The van der Waals surface area contributed by atoms with Gasteiger partial charge in [0.2, 0.25) is 0 Å². The van der Waals surface area contributed by atoms with Crippen LogP contribution in [0.5, 0.6) is 0 Å². The third-order valence-corrected chi connectivity index (χ3v) is 6.35. The number of fused-ring (bicyclic) bond motifs is 1. The Morgan fingerprint density at radius 3 is 2.77 bits per heavy atom. The number of nitrogens with one attached hydrogen (secondary N) is 2. The van der Waals surface area contributed by atoms with Crippen LogP contribution in [-0.4, -0.2) is 34.5 Å². The lowest BCUT2D eigenvalue weighted by Crippen LogP contribution is -2.55. The van der Waals surface area contributed by atoms with E-state index in [1.165, 1.54) is 5.56 Å². The number of urea groups is 1. The van der Waals surface area contributed by atoms with Gasteiger partial charge in [0.05, 0.1) is 5.52 Å². The molecular formula is C25H31N3O3. The van der Waals surface area contributed by atoms with E-state index in [0.717, 1.165) is 43.2 Å². The van der Waals surface area contributed by atoms with Gasteiger partial charge in [0.15, 0.2) is 5.58 Å². The molecule has 0 bridgehead atoms. The lowest BCUT2D eigenvalue weighted by molar-refractivity contribution is 0.0924. The first-order chi connectivity index (χ1) is 14.9. The highest BCUT2D eigenvalue weighted by molar-refractivity contribution is 5.75. The number of amides is 2. The first kappa shape index (κ1) is 21.2. The molecule has 2 heterocycles. The average molecular weight is 422 g/mol. The summed E-state index contributed by atoms with van der Waals surface area (Å²) in [5.74, 6) is -0.0998. The van der Waals surface area contributed by atoms with Crippen LogP contribution < -0.4 is 11.1 Å². The van der Waals surface area contributed by atoms with Gasteiger partial charge in [0.25, 0.3) is 0 Å². The molecule has 0 spiro atoms. The molecule has 1 atom stereocenters. The molecule has 6 heteroatoms. The standard InChI is InChI=1S/C25H31N3O3/c1-25(2)17-20(19-11-12-21-22(16-19)31-24(30)27-21)13-15-28(25)23(29)26-14-7-6-10-18-8-4-3-5-9-18/h3-5,8-9,11-12,16,20H,6-7,10,13-15,17H2,1-2H3,(H,26,29)(H,27,30). The number of likely N-dealkylation sites (tertiary alicyclic amines) is 1. The van der Waals surface area contributed by atoms with E-state index in [9.17, 15) is 9.59 Å². The molecule has 6 nitrogen and oxygen atoms in total. The second kappa shape index (κ2) is 9.00. The van der Waals surface area contributed by atoms with Crippen LogP contribution in [0.2, 0.25) is 0 Å². The van der Waals surface area contributed by atoms with Crippen molar-refractivity contribution in [3.8, 4) is 0 Å². The van der Waals surface area contributed by atoms with Crippen molar-refractivity contribution < 1.29 is 9.21 Å². The number of unbranched alkanes of at least 4 members (excludes halogenated alkanes) is 1. The minimum absolute atomic E-state index is 0.0234. The second-order valence-corrected chi connectivity index (χ2v) is 9.10. The molecule has 1 aliphatic rings. The SMILES string of the molecule is CC1(C)CC(c2ccc3[nH]c(=O)oc3c2)CCN1C(=O)NCCCCc1ccccc1. The number of aromatic amines is 1. The quantitative estimate of drug-likeness (QED) is 0.561. The van der Waals surface area contributed by atoms with Crippen LogP contribution in [0.25, 0.3) is 11.1 Å². The van der Waals surface area contributed by atoms with Gasteiger partial charge >= 0.3 is 11.8 Å². The molecule has 1 unspecified atom stereocenters. The Labute approximate surface area is 182 Å². The van der Waals surface area contributed by atoms with Crippen LogP contribution in [0.4, 0.5) is 4.79 Å². The highest BCUT2D eigenvalue weighted by Gasteiger charge is 2.38. The van der Waals surface area contributed by atoms with Crippen LogP contribution in [-0.2, 0) is 6.42 Å². The van der Waals surface area contributed by atoms with Crippen molar-refractivity contribution in [1.29, 1.82) is 0 Å². The topological polar surface area (TPSA) is 78.3 Å². The highest BCUT2D eigenvalue weighted by atomic mass is 16.4. The van der Waals surface area contributed by atoms with Gasteiger partial charge in [-0.3, -0.25) is 4.98 Å². The Balaban J connectivity index is 1.29. The number of carbonyl (C=O) groups is 1. The van der Waals surface area contributed by atoms with Gasteiger partial charge in [-0.2, -0.15) is 0 Å². The minimum Gasteiger partial charge on any atom is -0.408 e. The zero-order chi connectivity index (χ0) is 21.8. The molecule has 2 amide bonds. The van der Waals surface area contributed by atoms with E-state index in [-0.39, 0.29) is 11.6 Å². The molecule has 0 radical (unpaired) electrons. The molecule has 1 aliphatic heterocycles. The second-order valence-electron chi connectivity index (χ2n) is 9.10. The Kier molecular flexibility index (Phi) is 6.16. The summed E-state index contributed by atoms with van der Waals surface area (Å²) in [4.78, 5) is 28.9. The number of oxazole rings is 1. The monoisotopic (exact) mass is 421 g/mol. The number of piperidine rings is 1. The summed E-state index contributed by atoms with van der Waals surface area (Å²) >= 11 is 0. The molecule has 1 fully saturated rings. The molecule has 2 aromatic carbocycles. The van der Waals surface area contributed by atoms with Crippen molar-refractivity contribution in [3.05, 3.63) is 70.2 Å². The van der Waals surface area contributed by atoms with Crippen LogP contribution in [0, 0.1) is 0 Å². The predicted molar refractivity (Wildman–Crippen MR) is 122 cm³/mol. The largest absolute Gasteiger partial charge is 0.417 e. The van der Waals surface area contributed by atoms with Crippen LogP contribution in [0.15, 0.2) is 57.7 Å². The first-order valence-corrected chi connectivity index (χ1v) is 11.1. The number of benzene rings is 2. The Morgan fingerprint density at radius 2 is 2.00 bits per heavy atom. The van der Waals surface area contributed by atoms with Crippen molar-refractivity contribution in [2.24, 2.45) is 0 Å². The van der Waals surface area contributed by atoms with E-state index in [1.807, 2.05) is 23.1 Å². The summed E-state index contributed by atoms with van der Waals surface area (Å²) in [6.07, 6.45) is 4.84. The number of rotatable bonds is 6. The third kappa shape index (κ3) is 5.01. The van der Waals surface area contributed by atoms with E-state index in [0.29, 0.717) is 24.6 Å². The maximum Gasteiger partial charge on any atom is 0.417 e. The van der Waals surface area contributed by atoms with Gasteiger partial charge in [0, 0.05) is 18.6 Å². The van der Waals surface area contributed by atoms with Crippen molar-refractivity contribution in [2.45, 2.75) is 57.4 Å². The molecule has 3 aromatic rings. The maximum absolute atomic E-state index is 12.8. The van der Waals surface area contributed by atoms with Crippen molar-refractivity contribution in [3.63, 3.8) is 0 Å². The summed E-state index contributed by atoms with van der Waals surface area (Å²) < 4.78 is 5.22. The van der Waals surface area contributed by atoms with E-state index in [1.54, 1.807) is 0 Å². The summed E-state index contributed by atoms with van der Waals surface area (Å²) in [6.45, 7) is 5.67. The molecule has 0 saturated carbocycles. The van der Waals surface area contributed by atoms with Gasteiger partial charge in [-0.1, -0.05) is 36.4 Å². The molecule has 0 aliphatic carbocycles. The van der Waals surface area contributed by atoms with E-state index < -0.39 is 5.76 Å². The Morgan fingerprint density at radius 1 is 1.19 bits per heavy atom. The van der Waals surface area contributed by atoms with Gasteiger partial charge in [-0.15, -0.1) is 0 Å². The highest BCUT2D eigenvalue weighted by Crippen LogP contribution is 2.38. The summed E-state index contributed by atoms with van der Waals surface area (Å²) in [7, 11) is 0. The number of hydrogen-bond donors (Lipinski definition) is 2. The molecule has 2 N–H and O–H groups in total. The molecule has 1 saturated heterocycles. The normalized spacial score (nSPS) is 18.3. The maximum atomic E-state index is 12.8. The Hall–Kier alpha value is -3.02. The summed E-state index contributed by atoms with van der Waals surface area (Å²) in [5.41, 5.74) is 3.57. The minimum atomic E-state index is -0.428. The lowest BCUT2D eigenvalue weighted by atomic mass is 9.79. The number of hydrogen-bond acceptors (Lipinski definition) is 3. The van der Waals surface area contributed by atoms with E-state index >= 15 is 0 Å². The predicted octanol–water partition coefficient (Wildman–Crippen LogP) is 4.81. The first-order valence-electron chi connectivity index (χ1n) is 11.1. The summed E-state index contributed by atoms with van der Waals surface area (Å²) in [6, 6.07) is 16.4. The third-order valence-electron chi connectivity index (χ3n) is 6.35. The van der Waals surface area contributed by atoms with Gasteiger partial charge in [-0.05, 0) is 75.1 Å². The fourth-order valence-corrected chi connectivity index (χ4v) is 4.67. The number of aryl methyl sites for hydroxylation is 1. The smallest absolute Gasteiger partial charge is 0.408 e. The van der Waals surface area contributed by atoms with Crippen LogP contribution >= 0.6 is 0 Å². The average Bonchev–Trinajstić information content (AvgIpc) is 3.12. The van der Waals surface area contributed by atoms with Crippen molar-refractivity contribution in [2.75, 3.05) is 13.1 Å². The van der Waals surface area contributed by atoms with Gasteiger partial charge < -0.3 is 14.6 Å². The van der Waals surface area contributed by atoms with Gasteiger partial charge in [-0.25, -0.2) is 9.59 Å². The van der Waals surface area contributed by atoms with Gasteiger partial charge in [0.1, 0.15) is 0 Å². The molecule has 4 rings (SSSR count). The zero-order valence-electron chi connectivity index (χ0n) is 18.3. The summed E-state index contributed by atoms with van der Waals surface area (Å²) in [5, 5.41) is 3.11. The molecule has 164 valence electrons.